The first-order valence-corrected chi connectivity index (χ1v) is 10.6. The van der Waals surface area contributed by atoms with Crippen molar-refractivity contribution in [2.75, 3.05) is 13.2 Å². The van der Waals surface area contributed by atoms with Crippen molar-refractivity contribution in [3.63, 3.8) is 0 Å². The van der Waals surface area contributed by atoms with Gasteiger partial charge in [-0.2, -0.15) is 0 Å². The molecule has 0 aromatic heterocycles. The Bertz CT molecular complexity index is 727. The molecule has 0 amide bonds. The first kappa shape index (κ1) is 21.0. The second kappa shape index (κ2) is 9.67. The van der Waals surface area contributed by atoms with E-state index in [-0.39, 0.29) is 11.4 Å². The van der Waals surface area contributed by atoms with Crippen molar-refractivity contribution in [3.8, 4) is 0 Å². The third-order valence-electron chi connectivity index (χ3n) is 6.33. The van der Waals surface area contributed by atoms with Gasteiger partial charge in [0.05, 0.1) is 5.60 Å². The van der Waals surface area contributed by atoms with E-state index in [4.69, 9.17) is 4.74 Å². The Morgan fingerprint density at radius 1 is 1.14 bits per heavy atom. The number of rotatable bonds is 8. The summed E-state index contributed by atoms with van der Waals surface area (Å²) in [7, 11) is 0. The highest BCUT2D eigenvalue weighted by molar-refractivity contribution is 5.25. The van der Waals surface area contributed by atoms with Crippen LogP contribution in [-0.4, -0.2) is 18.8 Å². The van der Waals surface area contributed by atoms with Gasteiger partial charge in [-0.25, -0.2) is 4.39 Å². The van der Waals surface area contributed by atoms with Crippen LogP contribution in [0.1, 0.15) is 62.1 Å². The predicted octanol–water partition coefficient (Wildman–Crippen LogP) is 5.99. The summed E-state index contributed by atoms with van der Waals surface area (Å²) >= 11 is 0. The molecule has 1 aliphatic rings. The molecule has 1 N–H and O–H groups in total. The van der Waals surface area contributed by atoms with Crippen LogP contribution in [0.3, 0.4) is 0 Å². The maximum atomic E-state index is 13.1. The van der Waals surface area contributed by atoms with Crippen molar-refractivity contribution in [3.05, 3.63) is 71.0 Å². The number of hydrogen-bond acceptors (Lipinski definition) is 2. The van der Waals surface area contributed by atoms with Gasteiger partial charge < -0.3 is 10.1 Å². The highest BCUT2D eigenvalue weighted by atomic mass is 19.1. The van der Waals surface area contributed by atoms with Gasteiger partial charge in [0.15, 0.2) is 0 Å². The number of ether oxygens (including phenoxy) is 1. The molecule has 152 valence electrons. The van der Waals surface area contributed by atoms with Crippen LogP contribution in [0.5, 0.6) is 0 Å². The van der Waals surface area contributed by atoms with Crippen LogP contribution in [-0.2, 0) is 11.3 Å². The van der Waals surface area contributed by atoms with Gasteiger partial charge in [0.1, 0.15) is 5.82 Å². The average molecular weight is 384 g/mol. The smallest absolute Gasteiger partial charge is 0.123 e. The van der Waals surface area contributed by atoms with Crippen molar-refractivity contribution in [2.45, 2.75) is 64.5 Å². The van der Waals surface area contributed by atoms with Gasteiger partial charge in [0, 0.05) is 13.2 Å². The number of nitrogens with one attached hydrogen (secondary N) is 1. The van der Waals surface area contributed by atoms with Crippen molar-refractivity contribution < 1.29 is 9.13 Å². The van der Waals surface area contributed by atoms with E-state index in [9.17, 15) is 4.39 Å². The summed E-state index contributed by atoms with van der Waals surface area (Å²) in [6, 6.07) is 15.8. The fraction of sp³-hybridized carbons (Fsp3) is 0.520. The van der Waals surface area contributed by atoms with E-state index in [1.807, 2.05) is 12.1 Å². The molecule has 2 aromatic rings. The molecule has 3 atom stereocenters. The Morgan fingerprint density at radius 2 is 1.86 bits per heavy atom. The molecule has 0 aliphatic carbocycles. The van der Waals surface area contributed by atoms with Crippen molar-refractivity contribution in [1.82, 2.24) is 5.32 Å². The molecular formula is C25H34FNO. The van der Waals surface area contributed by atoms with Crippen molar-refractivity contribution in [2.24, 2.45) is 5.92 Å². The largest absolute Gasteiger partial charge is 0.375 e. The van der Waals surface area contributed by atoms with Crippen LogP contribution in [0.2, 0.25) is 0 Å². The lowest BCUT2D eigenvalue weighted by Crippen LogP contribution is -2.38. The third-order valence-corrected chi connectivity index (χ3v) is 6.33. The normalized spacial score (nSPS) is 23.5. The molecule has 3 heteroatoms. The van der Waals surface area contributed by atoms with Crippen molar-refractivity contribution in [1.29, 1.82) is 0 Å². The SMILES string of the molecule is CC[C@@]1(C)C[C@@H]([C@@H](CCNCc2ccc(F)cc2)c2ccc(C)cc2)CCO1. The van der Waals surface area contributed by atoms with Gasteiger partial charge in [-0.05, 0) is 81.2 Å². The predicted molar refractivity (Wildman–Crippen MR) is 114 cm³/mol. The summed E-state index contributed by atoms with van der Waals surface area (Å²) in [4.78, 5) is 0. The number of halogens is 1. The zero-order chi connectivity index (χ0) is 20.0. The van der Waals surface area contributed by atoms with E-state index in [2.05, 4.69) is 50.4 Å². The van der Waals surface area contributed by atoms with Gasteiger partial charge in [-0.1, -0.05) is 48.9 Å². The van der Waals surface area contributed by atoms with E-state index in [0.29, 0.717) is 11.8 Å². The molecule has 2 aromatic carbocycles. The van der Waals surface area contributed by atoms with Gasteiger partial charge in [-0.15, -0.1) is 0 Å². The Hall–Kier alpha value is -1.71. The van der Waals surface area contributed by atoms with E-state index >= 15 is 0 Å². The zero-order valence-electron chi connectivity index (χ0n) is 17.5. The molecular weight excluding hydrogens is 349 g/mol. The third kappa shape index (κ3) is 5.65. The summed E-state index contributed by atoms with van der Waals surface area (Å²) in [6.45, 7) is 9.23. The Morgan fingerprint density at radius 3 is 2.54 bits per heavy atom. The minimum atomic E-state index is -0.179. The van der Waals surface area contributed by atoms with Crippen molar-refractivity contribution >= 4 is 0 Å². The van der Waals surface area contributed by atoms with Gasteiger partial charge in [0.2, 0.25) is 0 Å². The average Bonchev–Trinajstić information content (AvgIpc) is 2.70. The van der Waals surface area contributed by atoms with Crippen LogP contribution in [0.15, 0.2) is 48.5 Å². The fourth-order valence-corrected chi connectivity index (χ4v) is 4.34. The molecule has 2 nitrogen and oxygen atoms in total. The molecule has 0 saturated carbocycles. The highest BCUT2D eigenvalue weighted by Gasteiger charge is 2.35. The molecule has 1 heterocycles. The first-order valence-electron chi connectivity index (χ1n) is 10.6. The van der Waals surface area contributed by atoms with Crippen LogP contribution in [0, 0.1) is 18.7 Å². The standard InChI is InChI=1S/C25H34FNO/c1-4-25(3)17-22(14-16-28-25)24(21-9-5-19(2)6-10-21)13-15-27-18-20-7-11-23(26)12-8-20/h5-12,22,24,27H,4,13-18H2,1-3H3/t22-,24-,25-/m0/s1. The summed E-state index contributed by atoms with van der Waals surface area (Å²) < 4.78 is 19.2. The molecule has 1 aliphatic heterocycles. The Labute approximate surface area is 169 Å². The lowest BCUT2D eigenvalue weighted by atomic mass is 9.74. The molecule has 28 heavy (non-hydrogen) atoms. The fourth-order valence-electron chi connectivity index (χ4n) is 4.34. The van der Waals surface area contributed by atoms with Gasteiger partial charge in [0.25, 0.3) is 0 Å². The maximum Gasteiger partial charge on any atom is 0.123 e. The van der Waals surface area contributed by atoms with E-state index < -0.39 is 0 Å². The van der Waals surface area contributed by atoms with Gasteiger partial charge >= 0.3 is 0 Å². The lowest BCUT2D eigenvalue weighted by Gasteiger charge is -2.41. The van der Waals surface area contributed by atoms with Gasteiger partial charge in [-0.3, -0.25) is 0 Å². The van der Waals surface area contributed by atoms with Crippen LogP contribution < -0.4 is 5.32 Å². The molecule has 1 fully saturated rings. The lowest BCUT2D eigenvalue weighted by molar-refractivity contribution is -0.0915. The quantitative estimate of drug-likeness (QED) is 0.565. The van der Waals surface area contributed by atoms with E-state index in [0.717, 1.165) is 50.9 Å². The second-order valence-electron chi connectivity index (χ2n) is 8.51. The number of benzene rings is 2. The topological polar surface area (TPSA) is 21.3 Å². The van der Waals surface area contributed by atoms with E-state index in [1.165, 1.54) is 23.3 Å². The van der Waals surface area contributed by atoms with Crippen LogP contribution in [0.4, 0.5) is 4.39 Å². The summed E-state index contributed by atoms with van der Waals surface area (Å²) in [6.07, 6.45) is 4.42. The summed E-state index contributed by atoms with van der Waals surface area (Å²) in [5.41, 5.74) is 3.88. The minimum absolute atomic E-state index is 0.00735. The maximum absolute atomic E-state index is 13.1. The molecule has 3 rings (SSSR count). The molecule has 0 bridgehead atoms. The molecule has 1 saturated heterocycles. The monoisotopic (exact) mass is 383 g/mol. The summed E-state index contributed by atoms with van der Waals surface area (Å²) in [5, 5.41) is 3.55. The highest BCUT2D eigenvalue weighted by Crippen LogP contribution is 2.41. The minimum Gasteiger partial charge on any atom is -0.375 e. The summed E-state index contributed by atoms with van der Waals surface area (Å²) in [5.74, 6) is 1.01. The Kier molecular flexibility index (Phi) is 7.25. The van der Waals surface area contributed by atoms with E-state index in [1.54, 1.807) is 0 Å². The van der Waals surface area contributed by atoms with Crippen LogP contribution >= 0.6 is 0 Å². The number of hydrogen-bond donors (Lipinski definition) is 1. The second-order valence-corrected chi connectivity index (χ2v) is 8.51. The molecule has 0 unspecified atom stereocenters. The molecule has 0 radical (unpaired) electrons. The molecule has 0 spiro atoms. The zero-order valence-corrected chi connectivity index (χ0v) is 17.5. The van der Waals surface area contributed by atoms with Crippen LogP contribution in [0.25, 0.3) is 0 Å². The Balaban J connectivity index is 1.64. The number of aryl methyl sites for hydroxylation is 1. The first-order chi connectivity index (χ1) is 13.5.